The Morgan fingerprint density at radius 1 is 1.28 bits per heavy atom. The van der Waals surface area contributed by atoms with Crippen molar-refractivity contribution in [3.05, 3.63) is 41.7 Å². The fraction of sp³-hybridized carbons (Fsp3) is 0.429. The number of nitrogens with one attached hydrogen (secondary N) is 1. The van der Waals surface area contributed by atoms with Crippen LogP contribution in [-0.2, 0) is 6.54 Å². The van der Waals surface area contributed by atoms with Crippen LogP contribution in [-0.4, -0.2) is 20.6 Å². The van der Waals surface area contributed by atoms with Crippen LogP contribution in [0, 0.1) is 13.8 Å². The molecule has 0 aliphatic rings. The number of pyridine rings is 1. The minimum atomic E-state index is 0.461. The standard InChI is InChI=1S/C14H20N4/c1-10(2)16-8-13-9-17-11(3)7-14(13)18-6-5-15-12(18)4/h5-7,9-10,16H,8H2,1-4H3. The third-order valence-electron chi connectivity index (χ3n) is 2.88. The molecular formula is C14H20N4. The average molecular weight is 244 g/mol. The first kappa shape index (κ1) is 12.8. The van der Waals surface area contributed by atoms with Crippen molar-refractivity contribution < 1.29 is 0 Å². The molecular weight excluding hydrogens is 224 g/mol. The van der Waals surface area contributed by atoms with Crippen molar-refractivity contribution >= 4 is 0 Å². The van der Waals surface area contributed by atoms with Crippen molar-refractivity contribution in [3.8, 4) is 5.69 Å². The fourth-order valence-corrected chi connectivity index (χ4v) is 1.88. The van der Waals surface area contributed by atoms with Crippen LogP contribution in [0.25, 0.3) is 5.69 Å². The van der Waals surface area contributed by atoms with Gasteiger partial charge in [0.05, 0.1) is 5.69 Å². The highest BCUT2D eigenvalue weighted by Gasteiger charge is 2.08. The van der Waals surface area contributed by atoms with Gasteiger partial charge in [-0.3, -0.25) is 4.98 Å². The Labute approximate surface area is 108 Å². The van der Waals surface area contributed by atoms with Gasteiger partial charge in [0.15, 0.2) is 0 Å². The molecule has 2 aromatic rings. The number of aryl methyl sites for hydroxylation is 2. The number of imidazole rings is 1. The van der Waals surface area contributed by atoms with Crippen molar-refractivity contribution in [2.75, 3.05) is 0 Å². The lowest BCUT2D eigenvalue weighted by molar-refractivity contribution is 0.586. The molecule has 0 atom stereocenters. The summed E-state index contributed by atoms with van der Waals surface area (Å²) in [5, 5.41) is 3.43. The van der Waals surface area contributed by atoms with Crippen molar-refractivity contribution in [1.82, 2.24) is 19.9 Å². The van der Waals surface area contributed by atoms with E-state index in [0.717, 1.165) is 23.8 Å². The monoisotopic (exact) mass is 244 g/mol. The topological polar surface area (TPSA) is 42.7 Å². The number of nitrogens with zero attached hydrogens (tertiary/aromatic N) is 3. The molecule has 0 bridgehead atoms. The summed E-state index contributed by atoms with van der Waals surface area (Å²) in [5.41, 5.74) is 3.37. The summed E-state index contributed by atoms with van der Waals surface area (Å²) in [6.45, 7) is 9.12. The predicted octanol–water partition coefficient (Wildman–Crippen LogP) is 2.38. The molecule has 2 rings (SSSR count). The number of hydrogen-bond donors (Lipinski definition) is 1. The summed E-state index contributed by atoms with van der Waals surface area (Å²) in [5.74, 6) is 0.992. The summed E-state index contributed by atoms with van der Waals surface area (Å²) in [4.78, 5) is 8.66. The van der Waals surface area contributed by atoms with E-state index in [1.54, 1.807) is 0 Å². The quantitative estimate of drug-likeness (QED) is 0.898. The van der Waals surface area contributed by atoms with Crippen LogP contribution in [0.3, 0.4) is 0 Å². The van der Waals surface area contributed by atoms with Gasteiger partial charge < -0.3 is 9.88 Å². The predicted molar refractivity (Wildman–Crippen MR) is 72.8 cm³/mol. The molecule has 4 nitrogen and oxygen atoms in total. The van der Waals surface area contributed by atoms with Crippen molar-refractivity contribution in [1.29, 1.82) is 0 Å². The molecule has 0 fully saturated rings. The number of aromatic nitrogens is 3. The minimum Gasteiger partial charge on any atom is -0.310 e. The largest absolute Gasteiger partial charge is 0.310 e. The third kappa shape index (κ3) is 2.76. The van der Waals surface area contributed by atoms with Crippen LogP contribution in [0.1, 0.15) is 30.9 Å². The van der Waals surface area contributed by atoms with Crippen molar-refractivity contribution in [2.24, 2.45) is 0 Å². The van der Waals surface area contributed by atoms with E-state index in [1.165, 1.54) is 5.56 Å². The van der Waals surface area contributed by atoms with Gasteiger partial charge in [0.25, 0.3) is 0 Å². The van der Waals surface area contributed by atoms with E-state index in [0.29, 0.717) is 6.04 Å². The molecule has 0 spiro atoms. The summed E-state index contributed by atoms with van der Waals surface area (Å²) >= 11 is 0. The van der Waals surface area contributed by atoms with Gasteiger partial charge in [0.2, 0.25) is 0 Å². The first-order valence-electron chi connectivity index (χ1n) is 6.27. The number of hydrogen-bond acceptors (Lipinski definition) is 3. The maximum Gasteiger partial charge on any atom is 0.110 e. The van der Waals surface area contributed by atoms with Gasteiger partial charge in [0.1, 0.15) is 5.82 Å². The highest BCUT2D eigenvalue weighted by Crippen LogP contribution is 2.16. The van der Waals surface area contributed by atoms with E-state index in [1.807, 2.05) is 32.4 Å². The summed E-state index contributed by atoms with van der Waals surface area (Å²) < 4.78 is 2.10. The highest BCUT2D eigenvalue weighted by molar-refractivity contribution is 5.41. The second kappa shape index (κ2) is 5.31. The molecule has 2 heterocycles. The fourth-order valence-electron chi connectivity index (χ4n) is 1.88. The van der Waals surface area contributed by atoms with Crippen LogP contribution in [0.2, 0.25) is 0 Å². The second-order valence-electron chi connectivity index (χ2n) is 4.83. The molecule has 0 amide bonds. The van der Waals surface area contributed by atoms with Crippen LogP contribution in [0.4, 0.5) is 0 Å². The van der Waals surface area contributed by atoms with E-state index in [9.17, 15) is 0 Å². The zero-order chi connectivity index (χ0) is 13.1. The van der Waals surface area contributed by atoms with Gasteiger partial charge >= 0.3 is 0 Å². The van der Waals surface area contributed by atoms with Crippen LogP contribution in [0.15, 0.2) is 24.7 Å². The van der Waals surface area contributed by atoms with Gasteiger partial charge in [-0.15, -0.1) is 0 Å². The Morgan fingerprint density at radius 2 is 2.06 bits per heavy atom. The zero-order valence-electron chi connectivity index (χ0n) is 11.4. The van der Waals surface area contributed by atoms with E-state index in [4.69, 9.17) is 0 Å². The molecule has 1 N–H and O–H groups in total. The first-order chi connectivity index (χ1) is 8.58. The highest BCUT2D eigenvalue weighted by atomic mass is 15.1. The van der Waals surface area contributed by atoms with Gasteiger partial charge in [-0.05, 0) is 19.9 Å². The van der Waals surface area contributed by atoms with Crippen LogP contribution < -0.4 is 5.32 Å². The first-order valence-corrected chi connectivity index (χ1v) is 6.27. The third-order valence-corrected chi connectivity index (χ3v) is 2.88. The molecule has 0 aliphatic heterocycles. The maximum absolute atomic E-state index is 4.38. The molecule has 0 radical (unpaired) electrons. The molecule has 2 aromatic heterocycles. The van der Waals surface area contributed by atoms with Crippen LogP contribution >= 0.6 is 0 Å². The lowest BCUT2D eigenvalue weighted by Crippen LogP contribution is -2.23. The Kier molecular flexibility index (Phi) is 3.77. The lowest BCUT2D eigenvalue weighted by atomic mass is 10.2. The van der Waals surface area contributed by atoms with E-state index >= 15 is 0 Å². The Balaban J connectivity index is 2.38. The van der Waals surface area contributed by atoms with E-state index in [2.05, 4.69) is 39.8 Å². The smallest absolute Gasteiger partial charge is 0.110 e. The molecule has 4 heteroatoms. The Bertz CT molecular complexity index is 528. The maximum atomic E-state index is 4.38. The SMILES string of the molecule is Cc1cc(-n2ccnc2C)c(CNC(C)C)cn1. The molecule has 0 saturated heterocycles. The number of rotatable bonds is 4. The molecule has 96 valence electrons. The lowest BCUT2D eigenvalue weighted by Gasteiger charge is -2.14. The summed E-state index contributed by atoms with van der Waals surface area (Å²) in [7, 11) is 0. The van der Waals surface area contributed by atoms with E-state index < -0.39 is 0 Å². The molecule has 0 unspecified atom stereocenters. The molecule has 0 saturated carbocycles. The molecule has 0 aromatic carbocycles. The zero-order valence-corrected chi connectivity index (χ0v) is 11.4. The average Bonchev–Trinajstić information content (AvgIpc) is 2.73. The summed E-state index contributed by atoms with van der Waals surface area (Å²) in [6, 6.07) is 2.56. The molecule has 0 aliphatic carbocycles. The van der Waals surface area contributed by atoms with Crippen LogP contribution in [0.5, 0.6) is 0 Å². The Morgan fingerprint density at radius 3 is 2.67 bits per heavy atom. The van der Waals surface area contributed by atoms with Crippen molar-refractivity contribution in [2.45, 2.75) is 40.3 Å². The van der Waals surface area contributed by atoms with Gasteiger partial charge in [-0.1, -0.05) is 13.8 Å². The van der Waals surface area contributed by atoms with Gasteiger partial charge in [-0.2, -0.15) is 0 Å². The molecule has 18 heavy (non-hydrogen) atoms. The Hall–Kier alpha value is -1.68. The minimum absolute atomic E-state index is 0.461. The van der Waals surface area contributed by atoms with Gasteiger partial charge in [0, 0.05) is 42.4 Å². The normalized spacial score (nSPS) is 11.2. The van der Waals surface area contributed by atoms with Crippen molar-refractivity contribution in [3.63, 3.8) is 0 Å². The second-order valence-corrected chi connectivity index (χ2v) is 4.83. The van der Waals surface area contributed by atoms with Gasteiger partial charge in [-0.25, -0.2) is 4.98 Å². The summed E-state index contributed by atoms with van der Waals surface area (Å²) in [6.07, 6.45) is 5.76. The van der Waals surface area contributed by atoms with E-state index in [-0.39, 0.29) is 0 Å².